The summed E-state index contributed by atoms with van der Waals surface area (Å²) >= 11 is 1.94. The van der Waals surface area contributed by atoms with Gasteiger partial charge in [-0.15, -0.1) is 11.8 Å². The molecule has 0 bridgehead atoms. The lowest BCUT2D eigenvalue weighted by molar-refractivity contribution is 0.422. The fraction of sp³-hybridized carbons (Fsp3) is 0.222. The summed E-state index contributed by atoms with van der Waals surface area (Å²) in [5.41, 5.74) is 3.78. The lowest BCUT2D eigenvalue weighted by Gasteiger charge is -2.29. The zero-order valence-electron chi connectivity index (χ0n) is 12.7. The van der Waals surface area contributed by atoms with Crippen molar-refractivity contribution in [3.05, 3.63) is 72.8 Å². The second kappa shape index (κ2) is 6.18. The van der Waals surface area contributed by atoms with Crippen LogP contribution in [-0.4, -0.2) is 27.1 Å². The summed E-state index contributed by atoms with van der Waals surface area (Å²) in [5, 5.41) is 7.93. The maximum atomic E-state index is 4.27. The lowest BCUT2D eigenvalue weighted by atomic mass is 10.00. The first-order chi connectivity index (χ1) is 11.4. The van der Waals surface area contributed by atoms with Crippen LogP contribution in [0.1, 0.15) is 5.56 Å². The Morgan fingerprint density at radius 1 is 1.04 bits per heavy atom. The molecule has 2 heterocycles. The highest BCUT2D eigenvalue weighted by atomic mass is 32.2. The number of aromatic nitrogens is 3. The van der Waals surface area contributed by atoms with Crippen molar-refractivity contribution in [1.82, 2.24) is 20.1 Å². The molecule has 4 rings (SSSR count). The van der Waals surface area contributed by atoms with E-state index in [1.807, 2.05) is 22.5 Å². The van der Waals surface area contributed by atoms with Crippen LogP contribution >= 0.6 is 11.8 Å². The highest BCUT2D eigenvalue weighted by molar-refractivity contribution is 8.00. The molecule has 0 saturated carbocycles. The van der Waals surface area contributed by atoms with Gasteiger partial charge in [0.1, 0.15) is 17.5 Å². The molecule has 0 spiro atoms. The van der Waals surface area contributed by atoms with Crippen molar-refractivity contribution in [2.45, 2.75) is 11.4 Å². The van der Waals surface area contributed by atoms with Gasteiger partial charge in [-0.1, -0.05) is 54.6 Å². The van der Waals surface area contributed by atoms with Gasteiger partial charge in [0.2, 0.25) is 0 Å². The number of nitrogens with one attached hydrogen (secondary N) is 1. The lowest BCUT2D eigenvalue weighted by Crippen LogP contribution is -2.38. The van der Waals surface area contributed by atoms with Gasteiger partial charge in [0.15, 0.2) is 0 Å². The van der Waals surface area contributed by atoms with E-state index in [4.69, 9.17) is 0 Å². The Kier molecular flexibility index (Phi) is 3.89. The van der Waals surface area contributed by atoms with Gasteiger partial charge in [-0.05, 0) is 16.7 Å². The van der Waals surface area contributed by atoms with E-state index >= 15 is 0 Å². The topological polar surface area (TPSA) is 42.7 Å². The molecule has 1 atom stereocenters. The smallest absolute Gasteiger partial charge is 0.137 e. The molecule has 4 nitrogen and oxygen atoms in total. The largest absolute Gasteiger partial charge is 0.297 e. The minimum atomic E-state index is -0.122. The van der Waals surface area contributed by atoms with Crippen molar-refractivity contribution in [3.8, 4) is 11.1 Å². The van der Waals surface area contributed by atoms with Crippen LogP contribution < -0.4 is 5.32 Å². The van der Waals surface area contributed by atoms with Gasteiger partial charge in [-0.2, -0.15) is 5.10 Å². The molecule has 1 N–H and O–H groups in total. The van der Waals surface area contributed by atoms with Crippen molar-refractivity contribution in [2.75, 3.05) is 12.3 Å². The van der Waals surface area contributed by atoms with E-state index in [1.54, 1.807) is 12.7 Å². The van der Waals surface area contributed by atoms with E-state index < -0.39 is 0 Å². The van der Waals surface area contributed by atoms with Gasteiger partial charge in [0.05, 0.1) is 6.54 Å². The summed E-state index contributed by atoms with van der Waals surface area (Å²) in [7, 11) is 0. The summed E-state index contributed by atoms with van der Waals surface area (Å²) in [4.78, 5) is 3.94. The molecule has 116 valence electrons. The Bertz CT molecular complexity index is 747. The van der Waals surface area contributed by atoms with Gasteiger partial charge in [-0.3, -0.25) is 5.32 Å². The van der Waals surface area contributed by atoms with Crippen molar-refractivity contribution < 1.29 is 0 Å². The van der Waals surface area contributed by atoms with E-state index in [9.17, 15) is 0 Å². The molecule has 23 heavy (non-hydrogen) atoms. The second-order valence-corrected chi connectivity index (χ2v) is 7.03. The number of hydrogen-bond acceptors (Lipinski definition) is 4. The van der Waals surface area contributed by atoms with Gasteiger partial charge < -0.3 is 0 Å². The number of nitrogens with zero attached hydrogens (tertiary/aromatic N) is 3. The molecule has 0 amide bonds. The molecule has 1 saturated heterocycles. The SMILES string of the molecule is c1ccc(-c2ccc(C3(Cn4cncn4)NCCS3)cc2)cc1. The third-order valence-corrected chi connectivity index (χ3v) is 5.58. The average Bonchev–Trinajstić information content (AvgIpc) is 3.29. The number of hydrogen-bond donors (Lipinski definition) is 1. The molecule has 1 fully saturated rings. The van der Waals surface area contributed by atoms with Crippen LogP contribution in [0.15, 0.2) is 67.3 Å². The van der Waals surface area contributed by atoms with Crippen LogP contribution in [0.3, 0.4) is 0 Å². The van der Waals surface area contributed by atoms with E-state index in [2.05, 4.69) is 63.9 Å². The first-order valence-corrected chi connectivity index (χ1v) is 8.72. The molecule has 1 aliphatic rings. The van der Waals surface area contributed by atoms with Crippen LogP contribution in [-0.2, 0) is 11.4 Å². The van der Waals surface area contributed by atoms with Crippen molar-refractivity contribution in [1.29, 1.82) is 0 Å². The van der Waals surface area contributed by atoms with Crippen LogP contribution in [0.5, 0.6) is 0 Å². The van der Waals surface area contributed by atoms with E-state index in [0.29, 0.717) is 0 Å². The van der Waals surface area contributed by atoms with Gasteiger partial charge >= 0.3 is 0 Å². The van der Waals surface area contributed by atoms with Crippen molar-refractivity contribution in [2.24, 2.45) is 0 Å². The first-order valence-electron chi connectivity index (χ1n) is 7.73. The minimum absolute atomic E-state index is 0.122. The highest BCUT2D eigenvalue weighted by Crippen LogP contribution is 2.39. The molecule has 1 aliphatic heterocycles. The summed E-state index contributed by atoms with van der Waals surface area (Å²) < 4.78 is 1.90. The van der Waals surface area contributed by atoms with Gasteiger partial charge in [0, 0.05) is 12.3 Å². The van der Waals surface area contributed by atoms with Gasteiger partial charge in [0.25, 0.3) is 0 Å². The fourth-order valence-corrected chi connectivity index (χ4v) is 4.30. The molecular formula is C18H18N4S. The summed E-state index contributed by atoms with van der Waals surface area (Å²) in [6.45, 7) is 1.79. The van der Waals surface area contributed by atoms with Crippen LogP contribution in [0, 0.1) is 0 Å². The average molecular weight is 322 g/mol. The monoisotopic (exact) mass is 322 g/mol. The molecule has 3 aromatic rings. The fourth-order valence-electron chi connectivity index (χ4n) is 3.01. The quantitative estimate of drug-likeness (QED) is 0.801. The highest BCUT2D eigenvalue weighted by Gasteiger charge is 2.36. The van der Waals surface area contributed by atoms with Crippen molar-refractivity contribution >= 4 is 11.8 Å². The van der Waals surface area contributed by atoms with Crippen LogP contribution in [0.25, 0.3) is 11.1 Å². The maximum Gasteiger partial charge on any atom is 0.137 e. The normalized spacial score (nSPS) is 20.7. The predicted molar refractivity (Wildman–Crippen MR) is 94.0 cm³/mol. The number of benzene rings is 2. The van der Waals surface area contributed by atoms with E-state index in [1.165, 1.54) is 16.7 Å². The summed E-state index contributed by atoms with van der Waals surface area (Å²) in [6.07, 6.45) is 3.37. The standard InChI is InChI=1S/C18H18N4S/c1-2-4-15(5-3-1)16-6-8-17(9-7-16)18(20-10-11-23-18)12-22-14-19-13-21-22/h1-9,13-14,20H,10-12H2. The molecule has 1 unspecified atom stereocenters. The molecule has 2 aromatic carbocycles. The number of rotatable bonds is 4. The minimum Gasteiger partial charge on any atom is -0.297 e. The Hall–Kier alpha value is -2.11. The Morgan fingerprint density at radius 2 is 1.83 bits per heavy atom. The second-order valence-electron chi connectivity index (χ2n) is 5.64. The zero-order chi connectivity index (χ0) is 15.5. The van der Waals surface area contributed by atoms with Crippen LogP contribution in [0.4, 0.5) is 0 Å². The third-order valence-electron chi connectivity index (χ3n) is 4.17. The van der Waals surface area contributed by atoms with Crippen molar-refractivity contribution in [3.63, 3.8) is 0 Å². The van der Waals surface area contributed by atoms with Gasteiger partial charge in [-0.25, -0.2) is 9.67 Å². The maximum absolute atomic E-state index is 4.27. The summed E-state index contributed by atoms with van der Waals surface area (Å²) in [6, 6.07) is 19.3. The Balaban J connectivity index is 1.65. The predicted octanol–water partition coefficient (Wildman–Crippen LogP) is 3.13. The van der Waals surface area contributed by atoms with Crippen LogP contribution in [0.2, 0.25) is 0 Å². The molecule has 1 aromatic heterocycles. The molecule has 0 aliphatic carbocycles. The molecular weight excluding hydrogens is 304 g/mol. The Morgan fingerprint density at radius 3 is 2.48 bits per heavy atom. The first kappa shape index (κ1) is 14.5. The van der Waals surface area contributed by atoms with E-state index in [-0.39, 0.29) is 4.87 Å². The third kappa shape index (κ3) is 2.90. The number of thioether (sulfide) groups is 1. The zero-order valence-corrected chi connectivity index (χ0v) is 13.5. The summed E-state index contributed by atoms with van der Waals surface area (Å²) in [5.74, 6) is 1.11. The molecule has 5 heteroatoms. The Labute approximate surface area is 139 Å². The van der Waals surface area contributed by atoms with E-state index in [0.717, 1.165) is 18.8 Å². The molecule has 0 radical (unpaired) electrons.